The molecule has 1 rings (SSSR count). The first-order valence-electron chi connectivity index (χ1n) is 5.68. The summed E-state index contributed by atoms with van der Waals surface area (Å²) < 4.78 is 5.37. The van der Waals surface area contributed by atoms with Crippen molar-refractivity contribution in [3.63, 3.8) is 0 Å². The molecule has 0 amide bonds. The van der Waals surface area contributed by atoms with Crippen molar-refractivity contribution in [2.45, 2.75) is 45.2 Å². The van der Waals surface area contributed by atoms with E-state index in [1.807, 2.05) is 0 Å². The molecular formula is C11H24N2O. The largest absolute Gasteiger partial charge is 0.379 e. The molecule has 1 unspecified atom stereocenters. The van der Waals surface area contributed by atoms with Crippen molar-refractivity contribution in [1.29, 1.82) is 0 Å². The van der Waals surface area contributed by atoms with Crippen molar-refractivity contribution < 1.29 is 4.74 Å². The molecule has 1 saturated heterocycles. The highest BCUT2D eigenvalue weighted by Crippen LogP contribution is 2.18. The summed E-state index contributed by atoms with van der Waals surface area (Å²) in [6.07, 6.45) is 2.19. The SMILES string of the molecule is CCCN(CC1(N)CCOC1)C(C)C. The van der Waals surface area contributed by atoms with E-state index in [9.17, 15) is 0 Å². The summed E-state index contributed by atoms with van der Waals surface area (Å²) in [7, 11) is 0. The Morgan fingerprint density at radius 3 is 2.64 bits per heavy atom. The third-order valence-corrected chi connectivity index (χ3v) is 2.89. The molecule has 0 aromatic heterocycles. The van der Waals surface area contributed by atoms with Crippen molar-refractivity contribution in [3.8, 4) is 0 Å². The summed E-state index contributed by atoms with van der Waals surface area (Å²) in [5.74, 6) is 0. The van der Waals surface area contributed by atoms with Crippen LogP contribution in [0.2, 0.25) is 0 Å². The summed E-state index contributed by atoms with van der Waals surface area (Å²) in [6, 6.07) is 0.580. The van der Waals surface area contributed by atoms with E-state index in [1.165, 1.54) is 6.42 Å². The second-order valence-electron chi connectivity index (χ2n) is 4.73. The van der Waals surface area contributed by atoms with Gasteiger partial charge in [0.05, 0.1) is 12.1 Å². The van der Waals surface area contributed by atoms with E-state index in [0.29, 0.717) is 6.04 Å². The number of hydrogen-bond acceptors (Lipinski definition) is 3. The summed E-state index contributed by atoms with van der Waals surface area (Å²) in [6.45, 7) is 10.3. The molecule has 0 saturated carbocycles. The third kappa shape index (κ3) is 3.23. The minimum Gasteiger partial charge on any atom is -0.379 e. The molecule has 0 aromatic carbocycles. The average molecular weight is 200 g/mol. The minimum atomic E-state index is -0.0978. The van der Waals surface area contributed by atoms with Crippen molar-refractivity contribution in [2.24, 2.45) is 5.73 Å². The van der Waals surface area contributed by atoms with Crippen LogP contribution in [0, 0.1) is 0 Å². The number of nitrogens with zero attached hydrogens (tertiary/aromatic N) is 1. The van der Waals surface area contributed by atoms with Crippen LogP contribution in [0.15, 0.2) is 0 Å². The second-order valence-corrected chi connectivity index (χ2v) is 4.73. The minimum absolute atomic E-state index is 0.0978. The van der Waals surface area contributed by atoms with Crippen LogP contribution < -0.4 is 5.73 Å². The molecule has 1 aliphatic rings. The summed E-state index contributed by atoms with van der Waals surface area (Å²) in [4.78, 5) is 2.45. The zero-order valence-electron chi connectivity index (χ0n) is 9.75. The van der Waals surface area contributed by atoms with Crippen LogP contribution in [0.1, 0.15) is 33.6 Å². The van der Waals surface area contributed by atoms with Crippen LogP contribution >= 0.6 is 0 Å². The van der Waals surface area contributed by atoms with Gasteiger partial charge in [-0.05, 0) is 33.2 Å². The molecule has 0 aliphatic carbocycles. The second kappa shape index (κ2) is 5.10. The van der Waals surface area contributed by atoms with Gasteiger partial charge in [-0.2, -0.15) is 0 Å². The van der Waals surface area contributed by atoms with Gasteiger partial charge in [0.15, 0.2) is 0 Å². The van der Waals surface area contributed by atoms with E-state index in [0.717, 1.165) is 32.7 Å². The maximum absolute atomic E-state index is 6.26. The van der Waals surface area contributed by atoms with E-state index in [-0.39, 0.29) is 5.54 Å². The Labute approximate surface area is 87.6 Å². The van der Waals surface area contributed by atoms with Gasteiger partial charge in [0, 0.05) is 19.2 Å². The molecule has 0 spiro atoms. The number of hydrogen-bond donors (Lipinski definition) is 1. The molecular weight excluding hydrogens is 176 g/mol. The van der Waals surface area contributed by atoms with Gasteiger partial charge in [-0.1, -0.05) is 6.92 Å². The monoisotopic (exact) mass is 200 g/mol. The van der Waals surface area contributed by atoms with Gasteiger partial charge in [0.25, 0.3) is 0 Å². The highest BCUT2D eigenvalue weighted by molar-refractivity contribution is 4.91. The molecule has 14 heavy (non-hydrogen) atoms. The van der Waals surface area contributed by atoms with Crippen LogP contribution in [-0.4, -0.2) is 42.8 Å². The van der Waals surface area contributed by atoms with Gasteiger partial charge in [0.2, 0.25) is 0 Å². The van der Waals surface area contributed by atoms with Crippen LogP contribution in [-0.2, 0) is 4.74 Å². The highest BCUT2D eigenvalue weighted by Gasteiger charge is 2.32. The standard InChI is InChI=1S/C11H24N2O/c1-4-6-13(10(2)3)8-11(12)5-7-14-9-11/h10H,4-9,12H2,1-3H3. The maximum atomic E-state index is 6.26. The Balaban J connectivity index is 2.45. The fourth-order valence-corrected chi connectivity index (χ4v) is 1.96. The average Bonchev–Trinajstić information content (AvgIpc) is 2.51. The first-order chi connectivity index (χ1) is 6.57. The fourth-order valence-electron chi connectivity index (χ4n) is 1.96. The molecule has 0 bridgehead atoms. The van der Waals surface area contributed by atoms with Gasteiger partial charge in [-0.25, -0.2) is 0 Å². The van der Waals surface area contributed by atoms with Gasteiger partial charge >= 0.3 is 0 Å². The lowest BCUT2D eigenvalue weighted by Gasteiger charge is -2.33. The number of ether oxygens (including phenoxy) is 1. The first-order valence-corrected chi connectivity index (χ1v) is 5.68. The van der Waals surface area contributed by atoms with Gasteiger partial charge in [-0.3, -0.25) is 4.90 Å². The van der Waals surface area contributed by atoms with E-state index in [2.05, 4.69) is 25.7 Å². The molecule has 1 aliphatic heterocycles. The van der Waals surface area contributed by atoms with Crippen LogP contribution in [0.3, 0.4) is 0 Å². The lowest BCUT2D eigenvalue weighted by Crippen LogP contribution is -2.52. The smallest absolute Gasteiger partial charge is 0.0659 e. The zero-order chi connectivity index (χ0) is 10.6. The van der Waals surface area contributed by atoms with Crippen LogP contribution in [0.25, 0.3) is 0 Å². The Morgan fingerprint density at radius 2 is 2.21 bits per heavy atom. The normalized spacial score (nSPS) is 27.9. The van der Waals surface area contributed by atoms with Gasteiger partial charge in [-0.15, -0.1) is 0 Å². The van der Waals surface area contributed by atoms with Gasteiger partial charge in [0.1, 0.15) is 0 Å². The van der Waals surface area contributed by atoms with Crippen molar-refractivity contribution in [1.82, 2.24) is 4.90 Å². The Bertz CT molecular complexity index is 165. The van der Waals surface area contributed by atoms with E-state index < -0.39 is 0 Å². The van der Waals surface area contributed by atoms with Crippen molar-refractivity contribution in [2.75, 3.05) is 26.3 Å². The number of rotatable bonds is 5. The lowest BCUT2D eigenvalue weighted by atomic mass is 9.99. The maximum Gasteiger partial charge on any atom is 0.0659 e. The topological polar surface area (TPSA) is 38.5 Å². The Morgan fingerprint density at radius 1 is 1.50 bits per heavy atom. The molecule has 3 nitrogen and oxygen atoms in total. The summed E-state index contributed by atoms with van der Waals surface area (Å²) in [5, 5.41) is 0. The van der Waals surface area contributed by atoms with Crippen LogP contribution in [0.5, 0.6) is 0 Å². The lowest BCUT2D eigenvalue weighted by molar-refractivity contribution is 0.137. The molecule has 3 heteroatoms. The molecule has 0 aromatic rings. The first kappa shape index (κ1) is 12.0. The fraction of sp³-hybridized carbons (Fsp3) is 1.00. The molecule has 0 radical (unpaired) electrons. The Kier molecular flexibility index (Phi) is 4.35. The predicted molar refractivity (Wildman–Crippen MR) is 59.4 cm³/mol. The van der Waals surface area contributed by atoms with Crippen molar-refractivity contribution >= 4 is 0 Å². The molecule has 1 heterocycles. The predicted octanol–water partition coefficient (Wildman–Crippen LogP) is 1.22. The zero-order valence-corrected chi connectivity index (χ0v) is 9.75. The van der Waals surface area contributed by atoms with E-state index in [4.69, 9.17) is 10.5 Å². The van der Waals surface area contributed by atoms with E-state index in [1.54, 1.807) is 0 Å². The quantitative estimate of drug-likeness (QED) is 0.725. The van der Waals surface area contributed by atoms with Gasteiger partial charge < -0.3 is 10.5 Å². The van der Waals surface area contributed by atoms with Crippen LogP contribution in [0.4, 0.5) is 0 Å². The number of nitrogens with two attached hydrogens (primary N) is 1. The summed E-state index contributed by atoms with van der Waals surface area (Å²) >= 11 is 0. The molecule has 84 valence electrons. The highest BCUT2D eigenvalue weighted by atomic mass is 16.5. The third-order valence-electron chi connectivity index (χ3n) is 2.89. The molecule has 1 fully saturated rings. The Hall–Kier alpha value is -0.120. The van der Waals surface area contributed by atoms with Crippen molar-refractivity contribution in [3.05, 3.63) is 0 Å². The summed E-state index contributed by atoms with van der Waals surface area (Å²) in [5.41, 5.74) is 6.16. The van der Waals surface area contributed by atoms with E-state index >= 15 is 0 Å². The molecule has 1 atom stereocenters. The molecule has 2 N–H and O–H groups in total.